The summed E-state index contributed by atoms with van der Waals surface area (Å²) in [6.07, 6.45) is 0.808. The Morgan fingerprint density at radius 1 is 1.33 bits per heavy atom. The summed E-state index contributed by atoms with van der Waals surface area (Å²) in [5, 5.41) is 0. The van der Waals surface area contributed by atoms with Crippen LogP contribution in [0.4, 0.5) is 4.39 Å². The van der Waals surface area contributed by atoms with E-state index in [2.05, 4.69) is 29.7 Å². The average Bonchev–Trinajstić information content (AvgIpc) is 2.91. The third kappa shape index (κ3) is 2.98. The molecule has 3 rings (SSSR count). The molecule has 1 heterocycles. The molecule has 1 aliphatic rings. The van der Waals surface area contributed by atoms with Crippen molar-refractivity contribution in [2.75, 3.05) is 5.75 Å². The van der Waals surface area contributed by atoms with Crippen molar-refractivity contribution in [3.05, 3.63) is 65.0 Å². The van der Waals surface area contributed by atoms with E-state index in [0.29, 0.717) is 5.92 Å². The van der Waals surface area contributed by atoms with E-state index in [1.165, 1.54) is 16.5 Å². The quantitative estimate of drug-likeness (QED) is 0.671. The first-order chi connectivity index (χ1) is 10.2. The van der Waals surface area contributed by atoms with Gasteiger partial charge in [-0.1, -0.05) is 24.3 Å². The van der Waals surface area contributed by atoms with Crippen LogP contribution in [-0.2, 0) is 6.42 Å². The van der Waals surface area contributed by atoms with Gasteiger partial charge in [0.1, 0.15) is 5.82 Å². The molecule has 0 radical (unpaired) electrons. The third-order valence-electron chi connectivity index (χ3n) is 4.18. The SMILES string of the molecule is Cc1cc(F)ccc1CC(NN)C1CSc2ccccc21. The Morgan fingerprint density at radius 2 is 2.14 bits per heavy atom. The minimum absolute atomic E-state index is 0.158. The van der Waals surface area contributed by atoms with Gasteiger partial charge in [0.05, 0.1) is 0 Å². The van der Waals surface area contributed by atoms with E-state index in [4.69, 9.17) is 5.84 Å². The first-order valence-electron chi connectivity index (χ1n) is 7.12. The third-order valence-corrected chi connectivity index (χ3v) is 5.39. The average molecular weight is 302 g/mol. The highest BCUT2D eigenvalue weighted by atomic mass is 32.2. The predicted molar refractivity (Wildman–Crippen MR) is 85.9 cm³/mol. The zero-order chi connectivity index (χ0) is 14.8. The summed E-state index contributed by atoms with van der Waals surface area (Å²) >= 11 is 1.88. The number of hydrogen-bond acceptors (Lipinski definition) is 3. The minimum atomic E-state index is -0.185. The lowest BCUT2D eigenvalue weighted by Crippen LogP contribution is -2.41. The molecule has 0 aromatic heterocycles. The standard InChI is InChI=1S/C17H19FN2S/c1-11-8-13(18)7-6-12(11)9-16(20-19)15-10-21-17-5-3-2-4-14(15)17/h2-8,15-16,20H,9-10,19H2,1H3. The molecular formula is C17H19FN2S. The van der Waals surface area contributed by atoms with Crippen molar-refractivity contribution < 1.29 is 4.39 Å². The molecule has 0 amide bonds. The molecule has 1 aliphatic heterocycles. The largest absolute Gasteiger partial charge is 0.271 e. The lowest BCUT2D eigenvalue weighted by Gasteiger charge is -2.24. The number of fused-ring (bicyclic) bond motifs is 1. The van der Waals surface area contributed by atoms with E-state index < -0.39 is 0 Å². The molecular weight excluding hydrogens is 283 g/mol. The van der Waals surface area contributed by atoms with Crippen LogP contribution in [0.25, 0.3) is 0 Å². The topological polar surface area (TPSA) is 38.0 Å². The Balaban J connectivity index is 1.83. The molecule has 0 bridgehead atoms. The van der Waals surface area contributed by atoms with E-state index >= 15 is 0 Å². The van der Waals surface area contributed by atoms with Gasteiger partial charge in [-0.25, -0.2) is 4.39 Å². The first-order valence-corrected chi connectivity index (χ1v) is 8.10. The second-order valence-corrected chi connectivity index (χ2v) is 6.57. The second-order valence-electron chi connectivity index (χ2n) is 5.50. The molecule has 21 heavy (non-hydrogen) atoms. The lowest BCUT2D eigenvalue weighted by atomic mass is 9.88. The molecule has 0 fully saturated rings. The van der Waals surface area contributed by atoms with Gasteiger partial charge >= 0.3 is 0 Å². The predicted octanol–water partition coefficient (Wildman–Crippen LogP) is 3.40. The van der Waals surface area contributed by atoms with E-state index in [9.17, 15) is 4.39 Å². The number of nitrogens with two attached hydrogens (primary N) is 1. The highest BCUT2D eigenvalue weighted by Crippen LogP contribution is 2.41. The van der Waals surface area contributed by atoms with Crippen molar-refractivity contribution in [2.24, 2.45) is 5.84 Å². The van der Waals surface area contributed by atoms with Crippen LogP contribution in [0.15, 0.2) is 47.4 Å². The van der Waals surface area contributed by atoms with E-state index in [-0.39, 0.29) is 11.9 Å². The van der Waals surface area contributed by atoms with Crippen molar-refractivity contribution in [3.63, 3.8) is 0 Å². The van der Waals surface area contributed by atoms with Crippen LogP contribution in [-0.4, -0.2) is 11.8 Å². The minimum Gasteiger partial charge on any atom is -0.271 e. The highest BCUT2D eigenvalue weighted by molar-refractivity contribution is 7.99. The highest BCUT2D eigenvalue weighted by Gasteiger charge is 2.29. The maximum Gasteiger partial charge on any atom is 0.123 e. The number of benzene rings is 2. The molecule has 0 saturated heterocycles. The number of thioether (sulfide) groups is 1. The van der Waals surface area contributed by atoms with E-state index in [1.807, 2.05) is 24.8 Å². The van der Waals surface area contributed by atoms with Crippen LogP contribution in [0.5, 0.6) is 0 Å². The van der Waals surface area contributed by atoms with Crippen LogP contribution in [0, 0.1) is 12.7 Å². The lowest BCUT2D eigenvalue weighted by molar-refractivity contribution is 0.462. The molecule has 110 valence electrons. The maximum atomic E-state index is 13.2. The number of aryl methyl sites for hydroxylation is 1. The van der Waals surface area contributed by atoms with Gasteiger partial charge in [0.25, 0.3) is 0 Å². The summed E-state index contributed by atoms with van der Waals surface area (Å²) in [7, 11) is 0. The Bertz CT molecular complexity index is 644. The zero-order valence-corrected chi connectivity index (χ0v) is 12.8. The number of halogens is 1. The summed E-state index contributed by atoms with van der Waals surface area (Å²) in [5.41, 5.74) is 6.46. The molecule has 4 heteroatoms. The maximum absolute atomic E-state index is 13.2. The van der Waals surface area contributed by atoms with Crippen molar-refractivity contribution in [1.82, 2.24) is 5.43 Å². The summed E-state index contributed by atoms with van der Waals surface area (Å²) in [6, 6.07) is 13.6. The second kappa shape index (κ2) is 6.18. The van der Waals surface area contributed by atoms with Gasteiger partial charge in [0, 0.05) is 22.6 Å². The molecule has 2 nitrogen and oxygen atoms in total. The van der Waals surface area contributed by atoms with Crippen molar-refractivity contribution >= 4 is 11.8 Å². The summed E-state index contributed by atoms with van der Waals surface area (Å²) in [6.45, 7) is 1.95. The van der Waals surface area contributed by atoms with Gasteiger partial charge in [-0.3, -0.25) is 11.3 Å². The van der Waals surface area contributed by atoms with Gasteiger partial charge in [0.15, 0.2) is 0 Å². The van der Waals surface area contributed by atoms with Gasteiger partial charge in [0.2, 0.25) is 0 Å². The summed E-state index contributed by atoms with van der Waals surface area (Å²) in [5.74, 6) is 7.04. The number of rotatable bonds is 4. The van der Waals surface area contributed by atoms with E-state index in [1.54, 1.807) is 6.07 Å². The van der Waals surface area contributed by atoms with Gasteiger partial charge in [-0.05, 0) is 48.2 Å². The number of nitrogens with one attached hydrogen (secondary N) is 1. The Morgan fingerprint density at radius 3 is 2.90 bits per heavy atom. The smallest absolute Gasteiger partial charge is 0.123 e. The normalized spacial score (nSPS) is 18.5. The van der Waals surface area contributed by atoms with Crippen molar-refractivity contribution in [3.8, 4) is 0 Å². The van der Waals surface area contributed by atoms with Gasteiger partial charge < -0.3 is 0 Å². The molecule has 0 spiro atoms. The summed E-state index contributed by atoms with van der Waals surface area (Å²) in [4.78, 5) is 1.35. The van der Waals surface area contributed by atoms with Gasteiger partial charge in [-0.15, -0.1) is 11.8 Å². The zero-order valence-electron chi connectivity index (χ0n) is 12.0. The van der Waals surface area contributed by atoms with Crippen molar-refractivity contribution in [2.45, 2.75) is 30.2 Å². The Kier molecular flexibility index (Phi) is 4.29. The molecule has 0 saturated carbocycles. The molecule has 2 atom stereocenters. The van der Waals surface area contributed by atoms with Crippen LogP contribution in [0.1, 0.15) is 22.6 Å². The van der Waals surface area contributed by atoms with Crippen LogP contribution in [0.3, 0.4) is 0 Å². The molecule has 2 aromatic carbocycles. The van der Waals surface area contributed by atoms with Crippen LogP contribution < -0.4 is 11.3 Å². The molecule has 2 unspecified atom stereocenters. The van der Waals surface area contributed by atoms with E-state index in [0.717, 1.165) is 23.3 Å². The van der Waals surface area contributed by atoms with Crippen LogP contribution >= 0.6 is 11.8 Å². The summed E-state index contributed by atoms with van der Waals surface area (Å²) < 4.78 is 13.2. The molecule has 2 aromatic rings. The monoisotopic (exact) mass is 302 g/mol. The van der Waals surface area contributed by atoms with Gasteiger partial charge in [-0.2, -0.15) is 0 Å². The fraction of sp³-hybridized carbons (Fsp3) is 0.294. The number of hydrazine groups is 1. The molecule has 0 aliphatic carbocycles. The van der Waals surface area contributed by atoms with Crippen LogP contribution in [0.2, 0.25) is 0 Å². The fourth-order valence-corrected chi connectivity index (χ4v) is 4.29. The first kappa shape index (κ1) is 14.6. The Labute approximate surface area is 128 Å². The fourth-order valence-electron chi connectivity index (χ4n) is 2.96. The number of hydrogen-bond donors (Lipinski definition) is 2. The molecule has 3 N–H and O–H groups in total. The van der Waals surface area contributed by atoms with Crippen molar-refractivity contribution in [1.29, 1.82) is 0 Å². The Hall–Kier alpha value is -1.36.